The molecule has 1 aliphatic rings. The van der Waals surface area contributed by atoms with E-state index in [4.69, 9.17) is 0 Å². The van der Waals surface area contributed by atoms with Crippen LogP contribution in [-0.2, 0) is 4.79 Å². The number of carbonyl (C=O) groups excluding carboxylic acids is 1. The molecule has 0 aliphatic carbocycles. The van der Waals surface area contributed by atoms with Gasteiger partial charge in [-0.2, -0.15) is 5.10 Å². The first-order chi connectivity index (χ1) is 5.79. The summed E-state index contributed by atoms with van der Waals surface area (Å²) in [5.41, 5.74) is 3.58. The van der Waals surface area contributed by atoms with Gasteiger partial charge in [0.05, 0.1) is 11.6 Å². The van der Waals surface area contributed by atoms with E-state index >= 15 is 0 Å². The summed E-state index contributed by atoms with van der Waals surface area (Å²) < 4.78 is 0. The van der Waals surface area contributed by atoms with Crippen LogP contribution in [0.3, 0.4) is 0 Å². The largest absolute Gasteiger partial charge is 0.272 e. The molecule has 1 rings (SSSR count). The zero-order chi connectivity index (χ0) is 8.97. The average molecular weight is 168 g/mol. The van der Waals surface area contributed by atoms with Gasteiger partial charge in [-0.1, -0.05) is 26.7 Å². The van der Waals surface area contributed by atoms with Crippen LogP contribution in [0.4, 0.5) is 0 Å². The van der Waals surface area contributed by atoms with Crippen LogP contribution in [0.5, 0.6) is 0 Å². The smallest absolute Gasteiger partial charge is 0.248 e. The Labute approximate surface area is 73.2 Å². The maximum absolute atomic E-state index is 11.2. The standard InChI is InChI=1S/C9H16N2O/c1-3-5-7-8(6-4-2)10-11-9(7)12/h7H,3-6H2,1-2H3,(H,11,12). The van der Waals surface area contributed by atoms with E-state index in [0.717, 1.165) is 31.4 Å². The van der Waals surface area contributed by atoms with Crippen LogP contribution in [0.2, 0.25) is 0 Å². The summed E-state index contributed by atoms with van der Waals surface area (Å²) in [6, 6.07) is 0. The summed E-state index contributed by atoms with van der Waals surface area (Å²) in [4.78, 5) is 11.2. The number of amides is 1. The van der Waals surface area contributed by atoms with Gasteiger partial charge in [-0.15, -0.1) is 0 Å². The van der Waals surface area contributed by atoms with Crippen molar-refractivity contribution in [1.29, 1.82) is 0 Å². The van der Waals surface area contributed by atoms with E-state index < -0.39 is 0 Å². The fourth-order valence-electron chi connectivity index (χ4n) is 1.51. The van der Waals surface area contributed by atoms with E-state index in [0.29, 0.717) is 0 Å². The molecule has 0 aromatic rings. The lowest BCUT2D eigenvalue weighted by Crippen LogP contribution is -2.22. The van der Waals surface area contributed by atoms with Crippen molar-refractivity contribution >= 4 is 11.6 Å². The van der Waals surface area contributed by atoms with Gasteiger partial charge in [0.25, 0.3) is 0 Å². The van der Waals surface area contributed by atoms with Crippen LogP contribution in [0.15, 0.2) is 5.10 Å². The fourth-order valence-corrected chi connectivity index (χ4v) is 1.51. The van der Waals surface area contributed by atoms with Crippen LogP contribution in [-0.4, -0.2) is 11.6 Å². The zero-order valence-corrected chi connectivity index (χ0v) is 7.76. The van der Waals surface area contributed by atoms with E-state index in [-0.39, 0.29) is 11.8 Å². The lowest BCUT2D eigenvalue weighted by Gasteiger charge is -2.06. The number of hydrazone groups is 1. The lowest BCUT2D eigenvalue weighted by atomic mass is 9.95. The number of nitrogens with one attached hydrogen (secondary N) is 1. The van der Waals surface area contributed by atoms with Gasteiger partial charge < -0.3 is 0 Å². The minimum absolute atomic E-state index is 0.0648. The van der Waals surface area contributed by atoms with Crippen LogP contribution in [0.25, 0.3) is 0 Å². The molecule has 0 bridgehead atoms. The van der Waals surface area contributed by atoms with E-state index in [1.165, 1.54) is 0 Å². The Kier molecular flexibility index (Phi) is 3.26. The van der Waals surface area contributed by atoms with E-state index in [1.807, 2.05) is 0 Å². The third-order valence-corrected chi connectivity index (χ3v) is 2.11. The van der Waals surface area contributed by atoms with Crippen molar-refractivity contribution in [2.75, 3.05) is 0 Å². The number of carbonyl (C=O) groups is 1. The summed E-state index contributed by atoms with van der Waals surface area (Å²) in [6.45, 7) is 4.20. The Hall–Kier alpha value is -0.860. The fraction of sp³-hybridized carbons (Fsp3) is 0.778. The number of hydrogen-bond acceptors (Lipinski definition) is 2. The highest BCUT2D eigenvalue weighted by molar-refractivity contribution is 6.07. The van der Waals surface area contributed by atoms with E-state index in [1.54, 1.807) is 0 Å². The van der Waals surface area contributed by atoms with Gasteiger partial charge in [-0.05, 0) is 12.8 Å². The normalized spacial score (nSPS) is 22.3. The predicted molar refractivity (Wildman–Crippen MR) is 48.9 cm³/mol. The minimum Gasteiger partial charge on any atom is -0.272 e. The third-order valence-electron chi connectivity index (χ3n) is 2.11. The Morgan fingerprint density at radius 1 is 1.42 bits per heavy atom. The molecule has 0 fully saturated rings. The van der Waals surface area contributed by atoms with Crippen LogP contribution < -0.4 is 5.43 Å². The molecule has 68 valence electrons. The minimum atomic E-state index is 0.0648. The first-order valence-electron chi connectivity index (χ1n) is 4.65. The van der Waals surface area contributed by atoms with E-state index in [2.05, 4.69) is 24.4 Å². The second kappa shape index (κ2) is 4.24. The highest BCUT2D eigenvalue weighted by Crippen LogP contribution is 2.16. The Bertz CT molecular complexity index is 199. The van der Waals surface area contributed by atoms with Gasteiger partial charge in [0, 0.05) is 0 Å². The van der Waals surface area contributed by atoms with E-state index in [9.17, 15) is 4.79 Å². The molecule has 0 spiro atoms. The molecule has 0 aromatic carbocycles. The molecular formula is C9H16N2O. The van der Waals surface area contributed by atoms with Gasteiger partial charge in [-0.25, -0.2) is 5.43 Å². The molecule has 1 heterocycles. The summed E-state index contributed by atoms with van der Waals surface area (Å²) in [5, 5.41) is 4.02. The highest BCUT2D eigenvalue weighted by atomic mass is 16.2. The number of nitrogens with zero attached hydrogens (tertiary/aromatic N) is 1. The van der Waals surface area contributed by atoms with Gasteiger partial charge in [-0.3, -0.25) is 4.79 Å². The highest BCUT2D eigenvalue weighted by Gasteiger charge is 2.27. The molecule has 3 heteroatoms. The molecule has 12 heavy (non-hydrogen) atoms. The van der Waals surface area contributed by atoms with Crippen molar-refractivity contribution < 1.29 is 4.79 Å². The molecule has 1 unspecified atom stereocenters. The zero-order valence-electron chi connectivity index (χ0n) is 7.76. The number of hydrogen-bond donors (Lipinski definition) is 1. The van der Waals surface area contributed by atoms with Crippen LogP contribution in [0, 0.1) is 5.92 Å². The Morgan fingerprint density at radius 2 is 2.17 bits per heavy atom. The first kappa shape index (κ1) is 9.23. The van der Waals surface area contributed by atoms with Gasteiger partial charge >= 0.3 is 0 Å². The first-order valence-corrected chi connectivity index (χ1v) is 4.65. The lowest BCUT2D eigenvalue weighted by molar-refractivity contribution is -0.122. The van der Waals surface area contributed by atoms with Crippen molar-refractivity contribution in [3.63, 3.8) is 0 Å². The van der Waals surface area contributed by atoms with Crippen LogP contribution >= 0.6 is 0 Å². The molecule has 3 nitrogen and oxygen atoms in total. The van der Waals surface area contributed by atoms with Gasteiger partial charge in [0.2, 0.25) is 5.91 Å². The molecule has 1 aliphatic heterocycles. The molecule has 1 amide bonds. The average Bonchev–Trinajstić information content (AvgIpc) is 2.37. The summed E-state index contributed by atoms with van der Waals surface area (Å²) in [7, 11) is 0. The SMILES string of the molecule is CCCC1=NNC(=O)C1CCC. The third kappa shape index (κ3) is 1.84. The Morgan fingerprint density at radius 3 is 2.75 bits per heavy atom. The van der Waals surface area contributed by atoms with Crippen LogP contribution in [0.1, 0.15) is 39.5 Å². The maximum Gasteiger partial charge on any atom is 0.248 e. The molecule has 0 saturated heterocycles. The topological polar surface area (TPSA) is 41.5 Å². The molecule has 1 N–H and O–H groups in total. The van der Waals surface area contributed by atoms with Gasteiger partial charge in [0.15, 0.2) is 0 Å². The van der Waals surface area contributed by atoms with Crippen molar-refractivity contribution in [3.05, 3.63) is 0 Å². The molecule has 0 radical (unpaired) electrons. The van der Waals surface area contributed by atoms with Crippen molar-refractivity contribution in [2.45, 2.75) is 39.5 Å². The van der Waals surface area contributed by atoms with Crippen molar-refractivity contribution in [2.24, 2.45) is 11.0 Å². The second-order valence-electron chi connectivity index (χ2n) is 3.17. The molecule has 1 atom stereocenters. The molecule has 0 aromatic heterocycles. The van der Waals surface area contributed by atoms with Crippen molar-refractivity contribution in [3.8, 4) is 0 Å². The van der Waals surface area contributed by atoms with Crippen molar-refractivity contribution in [1.82, 2.24) is 5.43 Å². The quantitative estimate of drug-likeness (QED) is 0.681. The maximum atomic E-state index is 11.2. The Balaban J connectivity index is 2.54. The monoisotopic (exact) mass is 168 g/mol. The second-order valence-corrected chi connectivity index (χ2v) is 3.17. The summed E-state index contributed by atoms with van der Waals surface area (Å²) in [6.07, 6.45) is 3.99. The predicted octanol–water partition coefficient (Wildman–Crippen LogP) is 1.69. The summed E-state index contributed by atoms with van der Waals surface area (Å²) in [5.74, 6) is 0.148. The number of rotatable bonds is 4. The molecular weight excluding hydrogens is 152 g/mol. The summed E-state index contributed by atoms with van der Waals surface area (Å²) >= 11 is 0. The molecule has 0 saturated carbocycles. The van der Waals surface area contributed by atoms with Gasteiger partial charge in [0.1, 0.15) is 0 Å².